The molecule has 82 valence electrons. The number of benzene rings is 1. The Bertz CT molecular complexity index is 595. The number of carboxylic acids is 1. The molecule has 2 rings (SSSR count). The van der Waals surface area contributed by atoms with Crippen molar-refractivity contribution in [2.24, 2.45) is 0 Å². The van der Waals surface area contributed by atoms with E-state index >= 15 is 0 Å². The fourth-order valence-electron chi connectivity index (χ4n) is 1.54. The Morgan fingerprint density at radius 2 is 2.06 bits per heavy atom. The van der Waals surface area contributed by atoms with E-state index in [9.17, 15) is 14.3 Å². The summed E-state index contributed by atoms with van der Waals surface area (Å²) in [5.41, 5.74) is 0.435. The molecule has 0 unspecified atom stereocenters. The van der Waals surface area contributed by atoms with E-state index in [2.05, 4.69) is 4.98 Å². The molecule has 0 aliphatic carbocycles. The number of rotatable bonds is 1. The summed E-state index contributed by atoms with van der Waals surface area (Å²) in [6.45, 7) is 1.66. The lowest BCUT2D eigenvalue weighted by molar-refractivity contribution is 0.0690. The molecule has 0 saturated carbocycles. The molecule has 2 N–H and O–H groups in total. The van der Waals surface area contributed by atoms with Crippen molar-refractivity contribution in [3.05, 3.63) is 35.3 Å². The van der Waals surface area contributed by atoms with Gasteiger partial charge in [0.25, 0.3) is 0 Å². The van der Waals surface area contributed by atoms with Gasteiger partial charge in [-0.2, -0.15) is 0 Å². The summed E-state index contributed by atoms with van der Waals surface area (Å²) in [7, 11) is 0. The Kier molecular flexibility index (Phi) is 2.23. The fraction of sp³-hybridized carbons (Fsp3) is 0.0909. The van der Waals surface area contributed by atoms with E-state index in [1.165, 1.54) is 12.1 Å². The topological polar surface area (TPSA) is 70.4 Å². The highest BCUT2D eigenvalue weighted by molar-refractivity contribution is 5.93. The van der Waals surface area contributed by atoms with Crippen LogP contribution in [0.2, 0.25) is 0 Å². The third-order valence-electron chi connectivity index (χ3n) is 2.20. The van der Waals surface area contributed by atoms with Gasteiger partial charge < -0.3 is 10.2 Å². The molecule has 0 radical (unpaired) electrons. The number of hydrogen-bond acceptors (Lipinski definition) is 3. The number of halogens is 1. The monoisotopic (exact) mass is 221 g/mol. The fourth-order valence-corrected chi connectivity index (χ4v) is 1.54. The molecule has 0 aliphatic rings. The standard InChI is InChI=1S/C11H8FNO3/c1-5-2-6(12)10-7(3-5)13-8(11(15)16)4-9(10)14/h2-4H,1H3,(H,13,14)(H,15,16). The Hall–Kier alpha value is -2.17. The molecule has 5 heteroatoms. The molecule has 4 nitrogen and oxygen atoms in total. The zero-order valence-electron chi connectivity index (χ0n) is 8.36. The van der Waals surface area contributed by atoms with E-state index in [0.717, 1.165) is 6.07 Å². The minimum absolute atomic E-state index is 0.0596. The third-order valence-corrected chi connectivity index (χ3v) is 2.20. The van der Waals surface area contributed by atoms with Gasteiger partial charge in [0.15, 0.2) is 5.69 Å². The van der Waals surface area contributed by atoms with Crippen LogP contribution in [0.25, 0.3) is 10.9 Å². The van der Waals surface area contributed by atoms with Crippen LogP contribution < -0.4 is 0 Å². The summed E-state index contributed by atoms with van der Waals surface area (Å²) >= 11 is 0. The van der Waals surface area contributed by atoms with Crippen molar-refractivity contribution in [3.63, 3.8) is 0 Å². The molecule has 1 aromatic carbocycles. The number of pyridine rings is 1. The van der Waals surface area contributed by atoms with Crippen molar-refractivity contribution < 1.29 is 19.4 Å². The van der Waals surface area contributed by atoms with Crippen LogP contribution in [0.15, 0.2) is 18.2 Å². The number of aryl methyl sites for hydroxylation is 1. The smallest absolute Gasteiger partial charge is 0.354 e. The highest BCUT2D eigenvalue weighted by Crippen LogP contribution is 2.27. The first-order valence-electron chi connectivity index (χ1n) is 4.52. The van der Waals surface area contributed by atoms with E-state index < -0.39 is 17.5 Å². The molecule has 1 aromatic heterocycles. The van der Waals surface area contributed by atoms with Crippen molar-refractivity contribution in [2.75, 3.05) is 0 Å². The summed E-state index contributed by atoms with van der Waals surface area (Å²) in [5, 5.41) is 18.2. The van der Waals surface area contributed by atoms with E-state index in [1.54, 1.807) is 6.92 Å². The molecule has 0 bridgehead atoms. The number of aromatic nitrogens is 1. The van der Waals surface area contributed by atoms with Crippen LogP contribution in [0, 0.1) is 12.7 Å². The predicted octanol–water partition coefficient (Wildman–Crippen LogP) is 2.09. The number of aromatic hydroxyl groups is 1. The first-order chi connectivity index (χ1) is 7.49. The number of carbonyl (C=O) groups is 1. The summed E-state index contributed by atoms with van der Waals surface area (Å²) in [6, 6.07) is 3.71. The van der Waals surface area contributed by atoms with E-state index in [1.807, 2.05) is 0 Å². The van der Waals surface area contributed by atoms with Gasteiger partial charge in [0.1, 0.15) is 11.6 Å². The van der Waals surface area contributed by atoms with Gasteiger partial charge in [0, 0.05) is 6.07 Å². The van der Waals surface area contributed by atoms with Gasteiger partial charge in [-0.3, -0.25) is 0 Å². The minimum Gasteiger partial charge on any atom is -0.507 e. The number of nitrogens with zero attached hydrogens (tertiary/aromatic N) is 1. The number of aromatic carboxylic acids is 1. The molecule has 16 heavy (non-hydrogen) atoms. The first-order valence-corrected chi connectivity index (χ1v) is 4.52. The predicted molar refractivity (Wildman–Crippen MR) is 55.1 cm³/mol. The molecular weight excluding hydrogens is 213 g/mol. The number of fused-ring (bicyclic) bond motifs is 1. The molecule has 0 amide bonds. The van der Waals surface area contributed by atoms with Crippen LogP contribution >= 0.6 is 0 Å². The van der Waals surface area contributed by atoms with Crippen LogP contribution in [0.5, 0.6) is 5.75 Å². The van der Waals surface area contributed by atoms with Gasteiger partial charge in [-0.05, 0) is 24.6 Å². The maximum absolute atomic E-state index is 13.5. The van der Waals surface area contributed by atoms with Crippen molar-refractivity contribution in [2.45, 2.75) is 6.92 Å². The summed E-state index contributed by atoms with van der Waals surface area (Å²) in [4.78, 5) is 14.5. The zero-order valence-corrected chi connectivity index (χ0v) is 8.36. The molecule has 0 fully saturated rings. The van der Waals surface area contributed by atoms with Gasteiger partial charge in [0.05, 0.1) is 10.9 Å². The van der Waals surface area contributed by atoms with Gasteiger partial charge >= 0.3 is 5.97 Å². The molecule has 0 saturated heterocycles. The maximum Gasteiger partial charge on any atom is 0.354 e. The van der Waals surface area contributed by atoms with Crippen LogP contribution in [-0.4, -0.2) is 21.2 Å². The molecule has 0 aliphatic heterocycles. The first kappa shape index (κ1) is 10.4. The third kappa shape index (κ3) is 1.56. The van der Waals surface area contributed by atoms with Gasteiger partial charge in [0.2, 0.25) is 0 Å². The number of carboxylic acid groups (broad SMARTS) is 1. The Morgan fingerprint density at radius 3 is 2.69 bits per heavy atom. The molecule has 1 heterocycles. The van der Waals surface area contributed by atoms with E-state index in [-0.39, 0.29) is 16.6 Å². The maximum atomic E-state index is 13.5. The average Bonchev–Trinajstić information content (AvgIpc) is 2.15. The molecule has 0 spiro atoms. The van der Waals surface area contributed by atoms with Gasteiger partial charge in [-0.1, -0.05) is 0 Å². The van der Waals surface area contributed by atoms with Gasteiger partial charge in [-0.15, -0.1) is 0 Å². The van der Waals surface area contributed by atoms with Crippen LogP contribution in [0.4, 0.5) is 4.39 Å². The van der Waals surface area contributed by atoms with Crippen LogP contribution in [0.1, 0.15) is 16.1 Å². The summed E-state index contributed by atoms with van der Waals surface area (Å²) in [5.74, 6) is -2.30. The lowest BCUT2D eigenvalue weighted by atomic mass is 10.1. The quantitative estimate of drug-likeness (QED) is 0.773. The van der Waals surface area contributed by atoms with Gasteiger partial charge in [-0.25, -0.2) is 14.2 Å². The van der Waals surface area contributed by atoms with Crippen LogP contribution in [-0.2, 0) is 0 Å². The second kappa shape index (κ2) is 3.44. The Labute approximate surface area is 90.0 Å². The molecule has 2 aromatic rings. The van der Waals surface area contributed by atoms with E-state index in [0.29, 0.717) is 5.56 Å². The van der Waals surface area contributed by atoms with Crippen molar-refractivity contribution in [1.82, 2.24) is 4.98 Å². The second-order valence-electron chi connectivity index (χ2n) is 3.47. The minimum atomic E-state index is -1.26. The highest BCUT2D eigenvalue weighted by atomic mass is 19.1. The zero-order chi connectivity index (χ0) is 11.9. The summed E-state index contributed by atoms with van der Waals surface area (Å²) in [6.07, 6.45) is 0. The SMILES string of the molecule is Cc1cc(F)c2c(O)cc(C(=O)O)nc2c1. The van der Waals surface area contributed by atoms with Crippen molar-refractivity contribution in [1.29, 1.82) is 0 Å². The van der Waals surface area contributed by atoms with E-state index in [4.69, 9.17) is 5.11 Å². The highest BCUT2D eigenvalue weighted by Gasteiger charge is 2.13. The van der Waals surface area contributed by atoms with Crippen LogP contribution in [0.3, 0.4) is 0 Å². The lowest BCUT2D eigenvalue weighted by Crippen LogP contribution is -2.01. The van der Waals surface area contributed by atoms with Crippen molar-refractivity contribution in [3.8, 4) is 5.75 Å². The second-order valence-corrected chi connectivity index (χ2v) is 3.47. The average molecular weight is 221 g/mol. The molecule has 0 atom stereocenters. The lowest BCUT2D eigenvalue weighted by Gasteiger charge is -2.04. The normalized spacial score (nSPS) is 10.6. The molecular formula is C11H8FNO3. The van der Waals surface area contributed by atoms with Crippen molar-refractivity contribution >= 4 is 16.9 Å². The number of hydrogen-bond donors (Lipinski definition) is 2. The largest absolute Gasteiger partial charge is 0.507 e. The Morgan fingerprint density at radius 1 is 1.38 bits per heavy atom. The Balaban J connectivity index is 2.87. The summed E-state index contributed by atoms with van der Waals surface area (Å²) < 4.78 is 13.5.